The molecule has 1 fully saturated rings. The predicted molar refractivity (Wildman–Crippen MR) is 95.7 cm³/mol. The lowest BCUT2D eigenvalue weighted by molar-refractivity contribution is -0.137. The van der Waals surface area contributed by atoms with Gasteiger partial charge in [-0.1, -0.05) is 12.1 Å². The Morgan fingerprint density at radius 3 is 2.77 bits per heavy atom. The molecule has 3 aromatic rings. The van der Waals surface area contributed by atoms with Crippen molar-refractivity contribution in [1.82, 2.24) is 14.9 Å². The minimum atomic E-state index is -0.294. The number of hydrogen-bond donors (Lipinski definition) is 0. The first-order chi connectivity index (χ1) is 12.7. The minimum Gasteiger partial charge on any atom is -0.467 e. The average Bonchev–Trinajstić information content (AvgIpc) is 3.12. The summed E-state index contributed by atoms with van der Waals surface area (Å²) in [4.78, 5) is 23.2. The van der Waals surface area contributed by atoms with Crippen LogP contribution in [0.25, 0.3) is 21.3 Å². The zero-order valence-electron chi connectivity index (χ0n) is 13.9. The Kier molecular flexibility index (Phi) is 4.77. The molecule has 1 saturated heterocycles. The van der Waals surface area contributed by atoms with Gasteiger partial charge >= 0.3 is 0 Å². The summed E-state index contributed by atoms with van der Waals surface area (Å²) >= 11 is 1.45. The summed E-state index contributed by atoms with van der Waals surface area (Å²) in [5.74, 6) is -0.0343. The van der Waals surface area contributed by atoms with Gasteiger partial charge in [-0.2, -0.15) is 0 Å². The zero-order valence-corrected chi connectivity index (χ0v) is 14.7. The second kappa shape index (κ2) is 7.35. The first-order valence-corrected chi connectivity index (χ1v) is 9.07. The Labute approximate surface area is 153 Å². The van der Waals surface area contributed by atoms with Crippen LogP contribution in [0, 0.1) is 5.82 Å². The van der Waals surface area contributed by atoms with Crippen molar-refractivity contribution in [3.63, 3.8) is 0 Å². The molecule has 0 bridgehead atoms. The lowest BCUT2D eigenvalue weighted by Crippen LogP contribution is -2.43. The van der Waals surface area contributed by atoms with Crippen molar-refractivity contribution in [2.24, 2.45) is 0 Å². The molecular formula is C18H16FN3O3S. The summed E-state index contributed by atoms with van der Waals surface area (Å²) in [6, 6.07) is 6.22. The molecule has 0 saturated carbocycles. The molecule has 1 aliphatic heterocycles. The maximum absolute atomic E-state index is 13.2. The summed E-state index contributed by atoms with van der Waals surface area (Å²) in [5.41, 5.74) is 1.70. The number of amides is 1. The molecule has 0 aliphatic carbocycles. The van der Waals surface area contributed by atoms with E-state index in [2.05, 4.69) is 9.97 Å². The van der Waals surface area contributed by atoms with Gasteiger partial charge in [-0.3, -0.25) is 4.79 Å². The fraction of sp³-hybridized carbons (Fsp3) is 0.278. The van der Waals surface area contributed by atoms with E-state index < -0.39 is 0 Å². The van der Waals surface area contributed by atoms with Gasteiger partial charge in [-0.25, -0.2) is 14.4 Å². The summed E-state index contributed by atoms with van der Waals surface area (Å²) in [6.07, 6.45) is 1.42. The van der Waals surface area contributed by atoms with Gasteiger partial charge in [0.1, 0.15) is 17.0 Å². The van der Waals surface area contributed by atoms with Gasteiger partial charge in [0, 0.05) is 24.0 Å². The van der Waals surface area contributed by atoms with Crippen LogP contribution in [-0.2, 0) is 9.53 Å². The molecule has 3 heterocycles. The normalized spacial score (nSPS) is 14.6. The van der Waals surface area contributed by atoms with Crippen LogP contribution < -0.4 is 4.74 Å². The minimum absolute atomic E-state index is 0.0924. The Morgan fingerprint density at radius 2 is 2.00 bits per heavy atom. The zero-order chi connectivity index (χ0) is 17.9. The molecule has 0 spiro atoms. The number of benzene rings is 1. The molecule has 134 valence electrons. The number of hydrogen-bond acceptors (Lipinski definition) is 6. The number of thiophene rings is 1. The van der Waals surface area contributed by atoms with E-state index in [-0.39, 0.29) is 18.3 Å². The number of fused-ring (bicyclic) bond motifs is 1. The number of morpholine rings is 1. The Balaban J connectivity index is 1.59. The number of carbonyl (C=O) groups excluding carboxylic acids is 1. The third-order valence-electron chi connectivity index (χ3n) is 4.19. The van der Waals surface area contributed by atoms with Gasteiger partial charge in [0.25, 0.3) is 5.91 Å². The van der Waals surface area contributed by atoms with E-state index in [4.69, 9.17) is 9.47 Å². The van der Waals surface area contributed by atoms with Crippen LogP contribution >= 0.6 is 11.3 Å². The second-order valence-corrected chi connectivity index (χ2v) is 6.66. The number of aromatic nitrogens is 2. The molecule has 1 aliphatic rings. The molecule has 0 N–H and O–H groups in total. The van der Waals surface area contributed by atoms with Crippen LogP contribution in [0.1, 0.15) is 0 Å². The van der Waals surface area contributed by atoms with E-state index in [1.807, 2.05) is 5.38 Å². The number of halogens is 1. The highest BCUT2D eigenvalue weighted by atomic mass is 32.1. The predicted octanol–water partition coefficient (Wildman–Crippen LogP) is 2.74. The van der Waals surface area contributed by atoms with Gasteiger partial charge < -0.3 is 14.4 Å². The molecule has 0 radical (unpaired) electrons. The van der Waals surface area contributed by atoms with Crippen LogP contribution in [0.4, 0.5) is 4.39 Å². The van der Waals surface area contributed by atoms with Crippen LogP contribution in [0.3, 0.4) is 0 Å². The quantitative estimate of drug-likeness (QED) is 0.704. The van der Waals surface area contributed by atoms with Crippen molar-refractivity contribution in [1.29, 1.82) is 0 Å². The van der Waals surface area contributed by atoms with Gasteiger partial charge in [0.05, 0.1) is 18.6 Å². The van der Waals surface area contributed by atoms with Crippen molar-refractivity contribution in [2.75, 3.05) is 32.9 Å². The standard InChI is InChI=1S/C18H16FN3O3S/c19-13-3-1-12(2-4-13)14-10-26-18-16(14)17(20-11-21-18)25-9-15(23)22-5-7-24-8-6-22/h1-4,10-11H,5-9H2. The molecular weight excluding hydrogens is 357 g/mol. The topological polar surface area (TPSA) is 64.5 Å². The van der Waals surface area contributed by atoms with Crippen LogP contribution in [0.5, 0.6) is 5.88 Å². The fourth-order valence-corrected chi connectivity index (χ4v) is 3.74. The first-order valence-electron chi connectivity index (χ1n) is 8.19. The summed E-state index contributed by atoms with van der Waals surface area (Å²) in [7, 11) is 0. The molecule has 6 nitrogen and oxygen atoms in total. The van der Waals surface area contributed by atoms with E-state index in [0.717, 1.165) is 21.3 Å². The summed E-state index contributed by atoms with van der Waals surface area (Å²) < 4.78 is 24.2. The first kappa shape index (κ1) is 16.9. The number of nitrogens with zero attached hydrogens (tertiary/aromatic N) is 3. The van der Waals surface area contributed by atoms with Crippen LogP contribution in [0.2, 0.25) is 0 Å². The average molecular weight is 373 g/mol. The monoisotopic (exact) mass is 373 g/mol. The van der Waals surface area contributed by atoms with Crippen LogP contribution in [0.15, 0.2) is 36.0 Å². The maximum Gasteiger partial charge on any atom is 0.260 e. The molecule has 0 atom stereocenters. The van der Waals surface area contributed by atoms with Gasteiger partial charge in [-0.15, -0.1) is 11.3 Å². The number of rotatable bonds is 4. The molecule has 4 rings (SSSR count). The fourth-order valence-electron chi connectivity index (χ4n) is 2.83. The molecule has 8 heteroatoms. The third kappa shape index (κ3) is 3.38. The Hall–Kier alpha value is -2.58. The van der Waals surface area contributed by atoms with Crippen LogP contribution in [-0.4, -0.2) is 53.7 Å². The smallest absolute Gasteiger partial charge is 0.260 e. The molecule has 1 aromatic carbocycles. The largest absolute Gasteiger partial charge is 0.467 e. The molecule has 0 unspecified atom stereocenters. The molecule has 1 amide bonds. The van der Waals surface area contributed by atoms with Gasteiger partial charge in [0.2, 0.25) is 5.88 Å². The number of ether oxygens (including phenoxy) is 2. The molecule has 2 aromatic heterocycles. The lowest BCUT2D eigenvalue weighted by Gasteiger charge is -2.26. The summed E-state index contributed by atoms with van der Waals surface area (Å²) in [5, 5.41) is 2.67. The third-order valence-corrected chi connectivity index (χ3v) is 5.07. The van der Waals surface area contributed by atoms with Crippen molar-refractivity contribution >= 4 is 27.5 Å². The van der Waals surface area contributed by atoms with Crippen molar-refractivity contribution in [3.05, 3.63) is 41.8 Å². The van der Waals surface area contributed by atoms with E-state index in [0.29, 0.717) is 32.2 Å². The number of carbonyl (C=O) groups is 1. The summed E-state index contributed by atoms with van der Waals surface area (Å²) in [6.45, 7) is 2.14. The SMILES string of the molecule is O=C(COc1ncnc2scc(-c3ccc(F)cc3)c12)N1CCOCC1. The van der Waals surface area contributed by atoms with E-state index in [1.54, 1.807) is 17.0 Å². The van der Waals surface area contributed by atoms with Crippen molar-refractivity contribution < 1.29 is 18.7 Å². The van der Waals surface area contributed by atoms with Crippen molar-refractivity contribution in [2.45, 2.75) is 0 Å². The Bertz CT molecular complexity index is 923. The molecule has 26 heavy (non-hydrogen) atoms. The van der Waals surface area contributed by atoms with E-state index >= 15 is 0 Å². The lowest BCUT2D eigenvalue weighted by atomic mass is 10.1. The Morgan fingerprint density at radius 1 is 1.23 bits per heavy atom. The van der Waals surface area contributed by atoms with E-state index in [1.165, 1.54) is 29.8 Å². The van der Waals surface area contributed by atoms with Gasteiger partial charge in [0.15, 0.2) is 6.61 Å². The van der Waals surface area contributed by atoms with Crippen molar-refractivity contribution in [3.8, 4) is 17.0 Å². The highest BCUT2D eigenvalue weighted by molar-refractivity contribution is 7.17. The second-order valence-electron chi connectivity index (χ2n) is 5.80. The maximum atomic E-state index is 13.2. The highest BCUT2D eigenvalue weighted by Crippen LogP contribution is 2.37. The van der Waals surface area contributed by atoms with Gasteiger partial charge in [-0.05, 0) is 17.7 Å². The highest BCUT2D eigenvalue weighted by Gasteiger charge is 2.19. The van der Waals surface area contributed by atoms with E-state index in [9.17, 15) is 9.18 Å².